The van der Waals surface area contributed by atoms with E-state index in [-0.39, 0.29) is 0 Å². The van der Waals surface area contributed by atoms with E-state index in [0.29, 0.717) is 12.5 Å². The molecule has 16 heavy (non-hydrogen) atoms. The van der Waals surface area contributed by atoms with E-state index in [9.17, 15) is 0 Å². The number of methoxy groups -OCH3 is 1. The third-order valence-electron chi connectivity index (χ3n) is 1.99. The zero-order valence-electron chi connectivity index (χ0n) is 9.14. The molecule has 4 nitrogen and oxygen atoms in total. The summed E-state index contributed by atoms with van der Waals surface area (Å²) in [7, 11) is 1.59. The van der Waals surface area contributed by atoms with Gasteiger partial charge < -0.3 is 9.47 Å². The summed E-state index contributed by atoms with van der Waals surface area (Å²) in [6.07, 6.45) is 1.49. The molecule has 0 aliphatic rings. The molecule has 2 aromatic heterocycles. The summed E-state index contributed by atoms with van der Waals surface area (Å²) in [5.41, 5.74) is 0.850. The van der Waals surface area contributed by atoms with Crippen molar-refractivity contribution in [3.05, 3.63) is 23.8 Å². The lowest BCUT2D eigenvalue weighted by Crippen LogP contribution is -1.90. The number of ether oxygens (including phenoxy) is 2. The van der Waals surface area contributed by atoms with Crippen molar-refractivity contribution in [2.24, 2.45) is 0 Å². The van der Waals surface area contributed by atoms with Crippen LogP contribution >= 0.6 is 11.3 Å². The van der Waals surface area contributed by atoms with Gasteiger partial charge >= 0.3 is 0 Å². The van der Waals surface area contributed by atoms with Crippen LogP contribution in [0.1, 0.15) is 6.92 Å². The Morgan fingerprint density at radius 1 is 1.31 bits per heavy atom. The number of thiophene rings is 1. The predicted octanol–water partition coefficient (Wildman–Crippen LogP) is 2.61. The zero-order valence-corrected chi connectivity index (χ0v) is 9.95. The van der Waals surface area contributed by atoms with E-state index in [0.717, 1.165) is 16.3 Å². The minimum Gasteiger partial charge on any atom is -0.493 e. The second-order valence-electron chi connectivity index (χ2n) is 3.03. The van der Waals surface area contributed by atoms with E-state index in [1.807, 2.05) is 24.4 Å². The number of aromatic nitrogens is 2. The van der Waals surface area contributed by atoms with Crippen molar-refractivity contribution in [3.8, 4) is 22.2 Å². The van der Waals surface area contributed by atoms with E-state index in [1.54, 1.807) is 18.4 Å². The van der Waals surface area contributed by atoms with Crippen LogP contribution in [0, 0.1) is 0 Å². The van der Waals surface area contributed by atoms with E-state index in [1.165, 1.54) is 6.33 Å². The van der Waals surface area contributed by atoms with Crippen molar-refractivity contribution in [2.75, 3.05) is 13.7 Å². The van der Waals surface area contributed by atoms with Gasteiger partial charge in [-0.1, -0.05) is 0 Å². The molecule has 2 rings (SSSR count). The normalized spacial score (nSPS) is 10.1. The van der Waals surface area contributed by atoms with Crippen LogP contribution in [0.3, 0.4) is 0 Å². The van der Waals surface area contributed by atoms with E-state index in [4.69, 9.17) is 9.47 Å². The summed E-state index contributed by atoms with van der Waals surface area (Å²) in [6, 6.07) is 3.78. The van der Waals surface area contributed by atoms with Gasteiger partial charge in [-0.2, -0.15) is 0 Å². The lowest BCUT2D eigenvalue weighted by Gasteiger charge is -2.00. The van der Waals surface area contributed by atoms with Gasteiger partial charge in [0.15, 0.2) is 0 Å². The Bertz CT molecular complexity index is 471. The molecule has 0 saturated heterocycles. The van der Waals surface area contributed by atoms with Crippen LogP contribution in [0.15, 0.2) is 23.8 Å². The van der Waals surface area contributed by atoms with Gasteiger partial charge in [0.1, 0.15) is 12.1 Å². The molecule has 0 bridgehead atoms. The molecular formula is C11H12N2O2S. The molecule has 0 atom stereocenters. The Balaban J connectivity index is 2.27. The molecule has 0 saturated carbocycles. The molecule has 0 fully saturated rings. The van der Waals surface area contributed by atoms with Crippen LogP contribution in [0.5, 0.6) is 11.6 Å². The maximum absolute atomic E-state index is 5.40. The van der Waals surface area contributed by atoms with Crippen molar-refractivity contribution in [3.63, 3.8) is 0 Å². The molecule has 0 unspecified atom stereocenters. The van der Waals surface area contributed by atoms with Crippen molar-refractivity contribution in [2.45, 2.75) is 6.92 Å². The van der Waals surface area contributed by atoms with Crippen LogP contribution in [-0.4, -0.2) is 23.7 Å². The molecule has 2 aromatic rings. The van der Waals surface area contributed by atoms with Crippen molar-refractivity contribution in [1.82, 2.24) is 9.97 Å². The largest absolute Gasteiger partial charge is 0.493 e. The van der Waals surface area contributed by atoms with Gasteiger partial charge in [-0.3, -0.25) is 0 Å². The SMILES string of the molecule is CCOc1csc(-c2cc(OC)ncn2)c1. The summed E-state index contributed by atoms with van der Waals surface area (Å²) in [6.45, 7) is 2.63. The van der Waals surface area contributed by atoms with E-state index < -0.39 is 0 Å². The molecule has 0 aliphatic carbocycles. The molecule has 0 spiro atoms. The highest BCUT2D eigenvalue weighted by Gasteiger charge is 2.06. The van der Waals surface area contributed by atoms with Crippen molar-refractivity contribution < 1.29 is 9.47 Å². The van der Waals surface area contributed by atoms with Crippen LogP contribution < -0.4 is 9.47 Å². The quantitative estimate of drug-likeness (QED) is 0.818. The number of hydrogen-bond acceptors (Lipinski definition) is 5. The third-order valence-corrected chi connectivity index (χ3v) is 2.92. The first-order chi connectivity index (χ1) is 7.83. The fraction of sp³-hybridized carbons (Fsp3) is 0.273. The lowest BCUT2D eigenvalue weighted by molar-refractivity contribution is 0.342. The molecule has 0 aromatic carbocycles. The minimum atomic E-state index is 0.566. The molecule has 5 heteroatoms. The zero-order chi connectivity index (χ0) is 11.4. The van der Waals surface area contributed by atoms with Gasteiger partial charge in [-0.15, -0.1) is 11.3 Å². The Labute approximate surface area is 97.9 Å². The third kappa shape index (κ3) is 2.30. The standard InChI is InChI=1S/C11H12N2O2S/c1-3-15-8-4-10(16-6-8)9-5-11(14-2)13-7-12-9/h4-7H,3H2,1-2H3. The highest BCUT2D eigenvalue weighted by Crippen LogP contribution is 2.30. The van der Waals surface area contributed by atoms with E-state index in [2.05, 4.69) is 9.97 Å². The van der Waals surface area contributed by atoms with Crippen LogP contribution in [0.25, 0.3) is 10.6 Å². The first kappa shape index (κ1) is 10.9. The summed E-state index contributed by atoms with van der Waals surface area (Å²) in [4.78, 5) is 9.21. The average molecular weight is 236 g/mol. The van der Waals surface area contributed by atoms with Crippen molar-refractivity contribution >= 4 is 11.3 Å². The molecule has 0 N–H and O–H groups in total. The molecule has 0 amide bonds. The van der Waals surface area contributed by atoms with Gasteiger partial charge in [0, 0.05) is 17.5 Å². The van der Waals surface area contributed by atoms with Gasteiger partial charge in [0.05, 0.1) is 24.3 Å². The van der Waals surface area contributed by atoms with Crippen molar-refractivity contribution in [1.29, 1.82) is 0 Å². The Morgan fingerprint density at radius 2 is 2.19 bits per heavy atom. The molecular weight excluding hydrogens is 224 g/mol. The fourth-order valence-electron chi connectivity index (χ4n) is 1.28. The monoisotopic (exact) mass is 236 g/mol. The molecule has 0 radical (unpaired) electrons. The van der Waals surface area contributed by atoms with Gasteiger partial charge in [-0.05, 0) is 6.92 Å². The van der Waals surface area contributed by atoms with Gasteiger partial charge in [0.2, 0.25) is 5.88 Å². The number of hydrogen-bond donors (Lipinski definition) is 0. The highest BCUT2D eigenvalue weighted by atomic mass is 32.1. The molecule has 0 aliphatic heterocycles. The summed E-state index contributed by atoms with van der Waals surface area (Å²) >= 11 is 1.59. The summed E-state index contributed by atoms with van der Waals surface area (Å²) in [5.74, 6) is 1.44. The summed E-state index contributed by atoms with van der Waals surface area (Å²) in [5, 5.41) is 1.97. The maximum Gasteiger partial charge on any atom is 0.216 e. The predicted molar refractivity (Wildman–Crippen MR) is 63.1 cm³/mol. The maximum atomic E-state index is 5.40. The van der Waals surface area contributed by atoms with Crippen LogP contribution in [0.4, 0.5) is 0 Å². The second-order valence-corrected chi connectivity index (χ2v) is 3.94. The highest BCUT2D eigenvalue weighted by molar-refractivity contribution is 7.13. The topological polar surface area (TPSA) is 44.2 Å². The second kappa shape index (κ2) is 4.94. The molecule has 2 heterocycles. The summed E-state index contributed by atoms with van der Waals surface area (Å²) < 4.78 is 10.5. The Morgan fingerprint density at radius 3 is 2.94 bits per heavy atom. The lowest BCUT2D eigenvalue weighted by atomic mass is 10.3. The first-order valence-electron chi connectivity index (χ1n) is 4.91. The minimum absolute atomic E-state index is 0.566. The number of rotatable bonds is 4. The number of nitrogens with zero attached hydrogens (tertiary/aromatic N) is 2. The Hall–Kier alpha value is -1.62. The average Bonchev–Trinajstić information content (AvgIpc) is 2.78. The van der Waals surface area contributed by atoms with Gasteiger partial charge in [-0.25, -0.2) is 9.97 Å². The fourth-order valence-corrected chi connectivity index (χ4v) is 2.08. The van der Waals surface area contributed by atoms with E-state index >= 15 is 0 Å². The Kier molecular flexibility index (Phi) is 3.36. The van der Waals surface area contributed by atoms with Gasteiger partial charge in [0.25, 0.3) is 0 Å². The molecule has 84 valence electrons. The van der Waals surface area contributed by atoms with Crippen LogP contribution in [0.2, 0.25) is 0 Å². The smallest absolute Gasteiger partial charge is 0.216 e. The first-order valence-corrected chi connectivity index (χ1v) is 5.79. The van der Waals surface area contributed by atoms with Crippen LogP contribution in [-0.2, 0) is 0 Å².